The number of para-hydroxylation sites is 1. The highest BCUT2D eigenvalue weighted by molar-refractivity contribution is 7.89. The van der Waals surface area contributed by atoms with Gasteiger partial charge in [0.15, 0.2) is 0 Å². The third-order valence-corrected chi connectivity index (χ3v) is 8.53. The molecule has 0 bridgehead atoms. The molecule has 1 aromatic heterocycles. The number of carbonyl (C=O) groups is 1. The summed E-state index contributed by atoms with van der Waals surface area (Å²) in [6.07, 6.45) is 3.06. The number of H-pyrrole nitrogens is 1. The van der Waals surface area contributed by atoms with Crippen molar-refractivity contribution in [3.05, 3.63) is 101 Å². The minimum absolute atomic E-state index is 0.160. The molecule has 38 heavy (non-hydrogen) atoms. The van der Waals surface area contributed by atoms with Crippen LogP contribution in [0, 0.1) is 0 Å². The summed E-state index contributed by atoms with van der Waals surface area (Å²) >= 11 is 6.07. The van der Waals surface area contributed by atoms with Crippen molar-refractivity contribution in [2.75, 3.05) is 33.4 Å². The van der Waals surface area contributed by atoms with Gasteiger partial charge in [0.05, 0.1) is 11.4 Å². The second-order valence-electron chi connectivity index (χ2n) is 9.05. The van der Waals surface area contributed by atoms with Crippen molar-refractivity contribution < 1.29 is 17.9 Å². The number of halogens is 1. The Bertz CT molecular complexity index is 1440. The van der Waals surface area contributed by atoms with Gasteiger partial charge in [-0.2, -0.15) is 4.31 Å². The molecule has 0 saturated heterocycles. The molecule has 0 aliphatic carbocycles. The second kappa shape index (κ2) is 13.1. The van der Waals surface area contributed by atoms with Crippen LogP contribution in [0.4, 0.5) is 0 Å². The predicted octanol–water partition coefficient (Wildman–Crippen LogP) is 5.12. The lowest BCUT2D eigenvalue weighted by molar-refractivity contribution is -0.132. The number of ether oxygens (including phenoxy) is 1. The molecule has 1 amide bonds. The van der Waals surface area contributed by atoms with E-state index in [9.17, 15) is 13.2 Å². The molecule has 0 unspecified atom stereocenters. The van der Waals surface area contributed by atoms with E-state index in [1.165, 1.54) is 4.31 Å². The highest BCUT2D eigenvalue weighted by Gasteiger charge is 2.28. The largest absolute Gasteiger partial charge is 0.385 e. The molecular weight excluding hydrogens is 522 g/mol. The number of nitrogens with one attached hydrogen (secondary N) is 1. The van der Waals surface area contributed by atoms with Crippen LogP contribution in [-0.2, 0) is 32.5 Å². The van der Waals surface area contributed by atoms with Crippen LogP contribution in [0.3, 0.4) is 0 Å². The maximum atomic E-state index is 13.7. The molecule has 0 aliphatic rings. The van der Waals surface area contributed by atoms with E-state index >= 15 is 0 Å². The molecule has 0 spiro atoms. The van der Waals surface area contributed by atoms with Gasteiger partial charge in [0.2, 0.25) is 15.9 Å². The number of carbonyl (C=O) groups excluding carboxylic acids is 1. The van der Waals surface area contributed by atoms with E-state index < -0.39 is 10.0 Å². The molecule has 0 aliphatic heterocycles. The highest BCUT2D eigenvalue weighted by Crippen LogP contribution is 2.20. The van der Waals surface area contributed by atoms with Gasteiger partial charge in [-0.25, -0.2) is 8.42 Å². The number of rotatable bonds is 13. The van der Waals surface area contributed by atoms with Crippen LogP contribution >= 0.6 is 11.6 Å². The molecule has 200 valence electrons. The van der Waals surface area contributed by atoms with Gasteiger partial charge in [0.1, 0.15) is 0 Å². The molecule has 0 fully saturated rings. The summed E-state index contributed by atoms with van der Waals surface area (Å²) < 4.78 is 33.3. The predicted molar refractivity (Wildman–Crippen MR) is 151 cm³/mol. The van der Waals surface area contributed by atoms with Crippen LogP contribution in [0.5, 0.6) is 0 Å². The Morgan fingerprint density at radius 1 is 0.947 bits per heavy atom. The summed E-state index contributed by atoms with van der Waals surface area (Å²) in [5, 5.41) is 1.72. The maximum Gasteiger partial charge on any atom is 0.243 e. The van der Waals surface area contributed by atoms with Gasteiger partial charge in [-0.1, -0.05) is 60.1 Å². The van der Waals surface area contributed by atoms with Crippen LogP contribution in [0.15, 0.2) is 90.0 Å². The summed E-state index contributed by atoms with van der Waals surface area (Å²) in [4.78, 5) is 18.9. The first-order chi connectivity index (χ1) is 18.4. The molecule has 0 saturated carbocycles. The second-order valence-corrected chi connectivity index (χ2v) is 11.4. The van der Waals surface area contributed by atoms with E-state index in [0.717, 1.165) is 22.0 Å². The van der Waals surface area contributed by atoms with Crippen LogP contribution in [0.2, 0.25) is 5.02 Å². The fraction of sp³-hybridized carbons (Fsp3) is 0.276. The maximum absolute atomic E-state index is 13.7. The molecule has 0 radical (unpaired) electrons. The smallest absolute Gasteiger partial charge is 0.243 e. The van der Waals surface area contributed by atoms with E-state index in [1.807, 2.05) is 36.5 Å². The van der Waals surface area contributed by atoms with Crippen molar-refractivity contribution in [2.45, 2.75) is 24.3 Å². The number of methoxy groups -OCH3 is 1. The summed E-state index contributed by atoms with van der Waals surface area (Å²) in [6.45, 7) is 1.08. The fourth-order valence-electron chi connectivity index (χ4n) is 4.36. The Kier molecular flexibility index (Phi) is 9.58. The lowest BCUT2D eigenvalue weighted by atomic mass is 10.1. The minimum atomic E-state index is -3.87. The summed E-state index contributed by atoms with van der Waals surface area (Å²) in [5.41, 5.74) is 3.05. The zero-order valence-corrected chi connectivity index (χ0v) is 22.9. The number of aromatic nitrogens is 1. The quantitative estimate of drug-likeness (QED) is 0.233. The zero-order chi connectivity index (χ0) is 27.0. The van der Waals surface area contributed by atoms with Gasteiger partial charge < -0.3 is 14.6 Å². The number of nitrogens with zero attached hydrogens (tertiary/aromatic N) is 2. The zero-order valence-electron chi connectivity index (χ0n) is 21.3. The van der Waals surface area contributed by atoms with Gasteiger partial charge in [0.25, 0.3) is 0 Å². The van der Waals surface area contributed by atoms with Crippen LogP contribution in [0.1, 0.15) is 17.5 Å². The van der Waals surface area contributed by atoms with E-state index in [0.29, 0.717) is 37.6 Å². The lowest BCUT2D eigenvalue weighted by Crippen LogP contribution is -2.43. The monoisotopic (exact) mass is 553 g/mol. The van der Waals surface area contributed by atoms with Crippen LogP contribution in [-0.4, -0.2) is 61.9 Å². The molecule has 1 N–H and O–H groups in total. The van der Waals surface area contributed by atoms with E-state index in [1.54, 1.807) is 54.5 Å². The minimum Gasteiger partial charge on any atom is -0.385 e. The number of hydrogen-bond acceptors (Lipinski definition) is 4. The standard InChI is InChI=1S/C29H32ClN3O4S/c1-37-19-7-17-33(38(35,36)26-8-3-2-4-9-26)22-29(34)32(21-23-12-14-25(30)15-13-23)18-16-24-20-31-28-11-6-5-10-27(24)28/h2-6,8-15,20,31H,7,16-19,21-22H2,1H3. The Hall–Kier alpha value is -3.17. The molecule has 9 heteroatoms. The normalized spacial score (nSPS) is 11.8. The number of fused-ring (bicyclic) bond motifs is 1. The van der Waals surface area contributed by atoms with E-state index in [2.05, 4.69) is 11.1 Å². The van der Waals surface area contributed by atoms with Gasteiger partial charge >= 0.3 is 0 Å². The molecule has 4 rings (SSSR count). The lowest BCUT2D eigenvalue weighted by Gasteiger charge is -2.27. The van der Waals surface area contributed by atoms with Crippen molar-refractivity contribution >= 4 is 38.4 Å². The van der Waals surface area contributed by atoms with Crippen molar-refractivity contribution in [3.63, 3.8) is 0 Å². The van der Waals surface area contributed by atoms with Crippen LogP contribution < -0.4 is 0 Å². The first-order valence-electron chi connectivity index (χ1n) is 12.5. The van der Waals surface area contributed by atoms with Crippen molar-refractivity contribution in [1.29, 1.82) is 0 Å². The molecule has 3 aromatic carbocycles. The number of hydrogen-bond donors (Lipinski definition) is 1. The molecule has 0 atom stereocenters. The summed E-state index contributed by atoms with van der Waals surface area (Å²) in [6, 6.07) is 23.6. The Balaban J connectivity index is 1.57. The average molecular weight is 554 g/mol. The van der Waals surface area contributed by atoms with Gasteiger partial charge in [-0.15, -0.1) is 0 Å². The van der Waals surface area contributed by atoms with Gasteiger partial charge in [0, 0.05) is 55.5 Å². The Labute approximate surface area is 229 Å². The number of amides is 1. The van der Waals surface area contributed by atoms with Crippen LogP contribution in [0.25, 0.3) is 10.9 Å². The first-order valence-corrected chi connectivity index (χ1v) is 14.3. The topological polar surface area (TPSA) is 82.7 Å². The van der Waals surface area contributed by atoms with Crippen molar-refractivity contribution in [1.82, 2.24) is 14.2 Å². The third-order valence-electron chi connectivity index (χ3n) is 6.41. The summed E-state index contributed by atoms with van der Waals surface area (Å²) in [7, 11) is -2.30. The molecule has 4 aromatic rings. The fourth-order valence-corrected chi connectivity index (χ4v) is 5.93. The molecule has 1 heterocycles. The van der Waals surface area contributed by atoms with E-state index in [4.69, 9.17) is 16.3 Å². The third kappa shape index (κ3) is 7.02. The Morgan fingerprint density at radius 3 is 2.39 bits per heavy atom. The average Bonchev–Trinajstić information content (AvgIpc) is 3.35. The number of aromatic amines is 1. The highest BCUT2D eigenvalue weighted by atomic mass is 35.5. The van der Waals surface area contributed by atoms with Gasteiger partial charge in [-0.05, 0) is 54.3 Å². The first kappa shape index (κ1) is 27.9. The Morgan fingerprint density at radius 2 is 1.66 bits per heavy atom. The SMILES string of the molecule is COCCCN(CC(=O)N(CCc1c[nH]c2ccccc12)Cc1ccc(Cl)cc1)S(=O)(=O)c1ccccc1. The molecule has 7 nitrogen and oxygen atoms in total. The number of benzene rings is 3. The number of sulfonamides is 1. The van der Waals surface area contributed by atoms with Crippen molar-refractivity contribution in [2.24, 2.45) is 0 Å². The van der Waals surface area contributed by atoms with Gasteiger partial charge in [-0.3, -0.25) is 4.79 Å². The molecular formula is C29H32ClN3O4S. The summed E-state index contributed by atoms with van der Waals surface area (Å²) in [5.74, 6) is -0.267. The van der Waals surface area contributed by atoms with Crippen molar-refractivity contribution in [3.8, 4) is 0 Å². The van der Waals surface area contributed by atoms with E-state index in [-0.39, 0.29) is 23.9 Å².